The average molecular weight is 757 g/mol. The number of para-hydroxylation sites is 3. The highest BCUT2D eigenvalue weighted by atomic mass is 32.1. The molecule has 11 rings (SSSR count). The quantitative estimate of drug-likeness (QED) is 0.158. The van der Waals surface area contributed by atoms with Crippen LogP contribution in [0.3, 0.4) is 0 Å². The fourth-order valence-corrected chi connectivity index (χ4v) is 9.68. The van der Waals surface area contributed by atoms with Crippen LogP contribution in [0.1, 0.15) is 0 Å². The molecule has 272 valence electrons. The first-order chi connectivity index (χ1) is 28.8. The monoisotopic (exact) mass is 756 g/mol. The number of imidazole rings is 1. The van der Waals surface area contributed by atoms with E-state index in [1.807, 2.05) is 11.3 Å². The van der Waals surface area contributed by atoms with Gasteiger partial charge in [0.1, 0.15) is 5.82 Å². The number of rotatable bonds is 7. The average Bonchev–Trinajstić information content (AvgIpc) is 3.88. The normalized spacial score (nSPS) is 11.4. The van der Waals surface area contributed by atoms with Crippen LogP contribution in [0.15, 0.2) is 218 Å². The summed E-state index contributed by atoms with van der Waals surface area (Å²) in [7, 11) is 0. The van der Waals surface area contributed by atoms with Gasteiger partial charge in [-0.05, 0) is 98.6 Å². The van der Waals surface area contributed by atoms with Gasteiger partial charge in [-0.1, -0.05) is 170 Å². The summed E-state index contributed by atoms with van der Waals surface area (Å²) >= 11 is 1.88. The van der Waals surface area contributed by atoms with E-state index in [9.17, 15) is 0 Å². The van der Waals surface area contributed by atoms with Gasteiger partial charge in [0.05, 0.1) is 11.0 Å². The van der Waals surface area contributed by atoms with Gasteiger partial charge in [-0.3, -0.25) is 4.57 Å². The van der Waals surface area contributed by atoms with E-state index >= 15 is 0 Å². The number of hydrogen-bond donors (Lipinski definition) is 0. The molecule has 0 aliphatic rings. The van der Waals surface area contributed by atoms with Crippen LogP contribution in [0.2, 0.25) is 0 Å². The lowest BCUT2D eigenvalue weighted by molar-refractivity contribution is 1.10. The van der Waals surface area contributed by atoms with Crippen LogP contribution < -0.4 is 0 Å². The van der Waals surface area contributed by atoms with Crippen molar-refractivity contribution in [3.8, 4) is 72.7 Å². The van der Waals surface area contributed by atoms with Gasteiger partial charge in [-0.25, -0.2) is 4.98 Å². The van der Waals surface area contributed by atoms with Gasteiger partial charge in [0.25, 0.3) is 0 Å². The number of benzene rings is 9. The Kier molecular flexibility index (Phi) is 8.38. The molecule has 0 saturated carbocycles. The molecule has 3 heteroatoms. The van der Waals surface area contributed by atoms with Gasteiger partial charge >= 0.3 is 0 Å². The number of aromatic nitrogens is 2. The maximum atomic E-state index is 5.16. The minimum absolute atomic E-state index is 0.930. The van der Waals surface area contributed by atoms with E-state index in [1.165, 1.54) is 75.8 Å². The molecule has 2 heterocycles. The zero-order valence-corrected chi connectivity index (χ0v) is 32.4. The molecule has 9 aromatic carbocycles. The van der Waals surface area contributed by atoms with Crippen molar-refractivity contribution in [3.63, 3.8) is 0 Å². The molecular weight excluding hydrogens is 721 g/mol. The Bertz CT molecular complexity index is 3250. The van der Waals surface area contributed by atoms with E-state index in [-0.39, 0.29) is 0 Å². The molecule has 0 saturated heterocycles. The Labute approximate surface area is 341 Å². The molecule has 2 nitrogen and oxygen atoms in total. The third-order valence-electron chi connectivity index (χ3n) is 11.2. The lowest BCUT2D eigenvalue weighted by Gasteiger charge is -2.14. The minimum Gasteiger partial charge on any atom is -0.292 e. The van der Waals surface area contributed by atoms with Crippen LogP contribution in [0, 0.1) is 0 Å². The maximum Gasteiger partial charge on any atom is 0.145 e. The Morgan fingerprint density at radius 2 is 0.828 bits per heavy atom. The number of nitrogens with zero attached hydrogens (tertiary/aromatic N) is 2. The predicted molar refractivity (Wildman–Crippen MR) is 247 cm³/mol. The summed E-state index contributed by atoms with van der Waals surface area (Å²) in [6, 6.07) is 78.8. The topological polar surface area (TPSA) is 17.8 Å². The summed E-state index contributed by atoms with van der Waals surface area (Å²) in [5.74, 6) is 0.930. The van der Waals surface area contributed by atoms with Crippen LogP contribution in [0.4, 0.5) is 0 Å². The van der Waals surface area contributed by atoms with Crippen LogP contribution >= 0.6 is 11.3 Å². The smallest absolute Gasteiger partial charge is 0.145 e. The second-order valence-electron chi connectivity index (χ2n) is 14.7. The summed E-state index contributed by atoms with van der Waals surface area (Å²) in [5, 5.41) is 2.54. The molecule has 0 fully saturated rings. The second-order valence-corrected chi connectivity index (χ2v) is 15.8. The first-order valence-electron chi connectivity index (χ1n) is 19.7. The molecule has 0 spiro atoms. The molecule has 11 aromatic rings. The number of hydrogen-bond acceptors (Lipinski definition) is 2. The third-order valence-corrected chi connectivity index (χ3v) is 12.5. The molecule has 0 aliphatic heterocycles. The molecule has 0 radical (unpaired) electrons. The summed E-state index contributed by atoms with van der Waals surface area (Å²) in [5.41, 5.74) is 16.4. The van der Waals surface area contributed by atoms with Crippen LogP contribution in [-0.2, 0) is 0 Å². The highest BCUT2D eigenvalue weighted by molar-refractivity contribution is 7.26. The van der Waals surface area contributed by atoms with Crippen molar-refractivity contribution in [3.05, 3.63) is 218 Å². The van der Waals surface area contributed by atoms with Crippen molar-refractivity contribution >= 4 is 42.5 Å². The van der Waals surface area contributed by atoms with Gasteiger partial charge in [-0.15, -0.1) is 11.3 Å². The van der Waals surface area contributed by atoms with Crippen molar-refractivity contribution < 1.29 is 0 Å². The lowest BCUT2D eigenvalue weighted by Crippen LogP contribution is -1.97. The van der Waals surface area contributed by atoms with Gasteiger partial charge in [0.2, 0.25) is 0 Å². The standard InChI is InChI=1S/C55H36N2S/c1-4-16-37(17-5-1)44-22-10-12-24-46(44)41-32-33-53-49(34-41)50-36-42(47-25-13-11-23-45(47)38-18-6-2-7-19-38)35-48(54(50)58-53)39-28-30-40(31-29-39)55-56-51-26-14-15-27-52(51)57(55)43-20-8-3-9-21-43/h1-36H. The van der Waals surface area contributed by atoms with Gasteiger partial charge in [0, 0.05) is 37.0 Å². The van der Waals surface area contributed by atoms with E-state index in [0.29, 0.717) is 0 Å². The molecule has 0 bridgehead atoms. The zero-order chi connectivity index (χ0) is 38.4. The van der Waals surface area contributed by atoms with Crippen molar-refractivity contribution in [1.29, 1.82) is 0 Å². The molecule has 0 N–H and O–H groups in total. The Morgan fingerprint density at radius 3 is 1.48 bits per heavy atom. The Morgan fingerprint density at radius 1 is 0.345 bits per heavy atom. The largest absolute Gasteiger partial charge is 0.292 e. The van der Waals surface area contributed by atoms with Gasteiger partial charge in [-0.2, -0.15) is 0 Å². The van der Waals surface area contributed by atoms with E-state index in [1.54, 1.807) is 0 Å². The maximum absolute atomic E-state index is 5.16. The Balaban J connectivity index is 1.11. The van der Waals surface area contributed by atoms with Gasteiger partial charge < -0.3 is 0 Å². The molecular formula is C55H36N2S. The Hall–Kier alpha value is -7.33. The van der Waals surface area contributed by atoms with Crippen molar-refractivity contribution in [1.82, 2.24) is 9.55 Å². The third kappa shape index (κ3) is 5.92. The molecule has 58 heavy (non-hydrogen) atoms. The number of fused-ring (bicyclic) bond motifs is 4. The first kappa shape index (κ1) is 34.0. The van der Waals surface area contributed by atoms with Gasteiger partial charge in [0.15, 0.2) is 0 Å². The van der Waals surface area contributed by atoms with E-state index in [0.717, 1.165) is 28.1 Å². The van der Waals surface area contributed by atoms with Crippen molar-refractivity contribution in [2.45, 2.75) is 0 Å². The predicted octanol–water partition coefficient (Wildman–Crippen LogP) is 15.4. The zero-order valence-electron chi connectivity index (χ0n) is 31.6. The molecule has 2 aromatic heterocycles. The van der Waals surface area contributed by atoms with E-state index in [4.69, 9.17) is 4.98 Å². The number of thiophene rings is 1. The summed E-state index contributed by atoms with van der Waals surface area (Å²) < 4.78 is 4.83. The highest BCUT2D eigenvalue weighted by Crippen LogP contribution is 2.46. The van der Waals surface area contributed by atoms with Crippen LogP contribution in [0.25, 0.3) is 104 Å². The highest BCUT2D eigenvalue weighted by Gasteiger charge is 2.19. The SMILES string of the molecule is c1ccc(-c2ccccc2-c2ccc3sc4c(-c5ccc(-c6nc7ccccc7n6-c6ccccc6)cc5)cc(-c5ccccc5-c5ccccc5)cc4c3c2)cc1. The second kappa shape index (κ2) is 14.3. The summed E-state index contributed by atoms with van der Waals surface area (Å²) in [6.45, 7) is 0. The minimum atomic E-state index is 0.930. The van der Waals surface area contributed by atoms with Crippen LogP contribution in [-0.4, -0.2) is 9.55 Å². The van der Waals surface area contributed by atoms with Crippen molar-refractivity contribution in [2.75, 3.05) is 0 Å². The van der Waals surface area contributed by atoms with E-state index in [2.05, 4.69) is 223 Å². The molecule has 0 aliphatic carbocycles. The lowest BCUT2D eigenvalue weighted by atomic mass is 9.90. The van der Waals surface area contributed by atoms with Crippen LogP contribution in [0.5, 0.6) is 0 Å². The molecule has 0 unspecified atom stereocenters. The molecule has 0 atom stereocenters. The van der Waals surface area contributed by atoms with Crippen molar-refractivity contribution in [2.24, 2.45) is 0 Å². The fourth-order valence-electron chi connectivity index (χ4n) is 8.48. The summed E-state index contributed by atoms with van der Waals surface area (Å²) in [6.07, 6.45) is 0. The molecule has 0 amide bonds. The summed E-state index contributed by atoms with van der Waals surface area (Å²) in [4.78, 5) is 5.16. The first-order valence-corrected chi connectivity index (χ1v) is 20.5. The fraction of sp³-hybridized carbons (Fsp3) is 0. The van der Waals surface area contributed by atoms with E-state index < -0.39 is 0 Å².